The van der Waals surface area contributed by atoms with Crippen molar-refractivity contribution in [2.75, 3.05) is 7.11 Å². The number of carbonyl (C=O) groups excluding carboxylic acids is 1. The monoisotopic (exact) mass is 342 g/mol. The normalized spacial score (nSPS) is 17.9. The van der Waals surface area contributed by atoms with E-state index < -0.39 is 6.10 Å². The lowest BCUT2D eigenvalue weighted by atomic mass is 9.82. The Bertz CT molecular complexity index is 470. The van der Waals surface area contributed by atoms with E-state index in [0.29, 0.717) is 16.0 Å². The van der Waals surface area contributed by atoms with Gasteiger partial charge >= 0.3 is 0 Å². The van der Waals surface area contributed by atoms with Crippen LogP contribution in [0.4, 0.5) is 4.39 Å². The molecule has 0 amide bonds. The topological polar surface area (TPSA) is 26.3 Å². The molecular weight excluding hydrogens is 323 g/mol. The fourth-order valence-electron chi connectivity index (χ4n) is 2.98. The highest BCUT2D eigenvalue weighted by Crippen LogP contribution is 2.29. The van der Waals surface area contributed by atoms with E-state index in [4.69, 9.17) is 4.74 Å². The van der Waals surface area contributed by atoms with Gasteiger partial charge in [0.05, 0.1) is 0 Å². The fraction of sp³-hybridized carbons (Fsp3) is 0.562. The molecule has 2 rings (SSSR count). The van der Waals surface area contributed by atoms with Crippen molar-refractivity contribution in [1.82, 2.24) is 0 Å². The first-order chi connectivity index (χ1) is 9.61. The number of methoxy groups -OCH3 is 1. The number of halogens is 2. The van der Waals surface area contributed by atoms with Gasteiger partial charge in [0.2, 0.25) is 0 Å². The maximum absolute atomic E-state index is 13.8. The predicted molar refractivity (Wildman–Crippen MR) is 80.2 cm³/mol. The molecule has 1 aromatic rings. The van der Waals surface area contributed by atoms with Crippen LogP contribution >= 0.6 is 15.9 Å². The molecule has 4 heteroatoms. The summed E-state index contributed by atoms with van der Waals surface area (Å²) in [5, 5.41) is 0. The van der Waals surface area contributed by atoms with Gasteiger partial charge in [0.25, 0.3) is 0 Å². The first-order valence-electron chi connectivity index (χ1n) is 7.11. The number of rotatable bonds is 5. The van der Waals surface area contributed by atoms with Crippen molar-refractivity contribution < 1.29 is 13.9 Å². The maximum atomic E-state index is 13.8. The van der Waals surface area contributed by atoms with E-state index in [-0.39, 0.29) is 18.0 Å². The number of ether oxygens (including phenoxy) is 1. The van der Waals surface area contributed by atoms with Crippen LogP contribution in [0.1, 0.15) is 37.7 Å². The predicted octanol–water partition coefficient (Wildman–Crippen LogP) is 4.30. The van der Waals surface area contributed by atoms with Crippen LogP contribution in [-0.2, 0) is 16.0 Å². The minimum absolute atomic E-state index is 0.0133. The Morgan fingerprint density at radius 3 is 2.70 bits per heavy atom. The van der Waals surface area contributed by atoms with E-state index >= 15 is 0 Å². The number of Topliss-reactive ketones (excluding diaryl/α,β-unsaturated/α-hetero) is 1. The van der Waals surface area contributed by atoms with Crippen molar-refractivity contribution in [3.8, 4) is 0 Å². The van der Waals surface area contributed by atoms with Gasteiger partial charge in [-0.15, -0.1) is 0 Å². The van der Waals surface area contributed by atoms with E-state index in [1.165, 1.54) is 12.5 Å². The first kappa shape index (κ1) is 15.6. The molecule has 1 aromatic carbocycles. The van der Waals surface area contributed by atoms with Crippen LogP contribution in [0.25, 0.3) is 0 Å². The zero-order chi connectivity index (χ0) is 14.5. The minimum Gasteiger partial charge on any atom is -0.373 e. The van der Waals surface area contributed by atoms with Crippen molar-refractivity contribution in [3.05, 3.63) is 34.1 Å². The molecule has 1 atom stereocenters. The van der Waals surface area contributed by atoms with Crippen LogP contribution in [0, 0.1) is 11.7 Å². The molecule has 0 aromatic heterocycles. The number of carbonyl (C=O) groups is 1. The molecule has 0 aliphatic heterocycles. The summed E-state index contributed by atoms with van der Waals surface area (Å²) in [4.78, 5) is 12.4. The molecule has 0 saturated heterocycles. The third-order valence-corrected chi connectivity index (χ3v) is 4.52. The van der Waals surface area contributed by atoms with Gasteiger partial charge in [-0.3, -0.25) is 4.79 Å². The largest absolute Gasteiger partial charge is 0.373 e. The summed E-state index contributed by atoms with van der Waals surface area (Å²) >= 11 is 3.22. The third kappa shape index (κ3) is 3.89. The fourth-order valence-corrected chi connectivity index (χ4v) is 3.31. The van der Waals surface area contributed by atoms with Gasteiger partial charge in [0.15, 0.2) is 5.78 Å². The summed E-state index contributed by atoms with van der Waals surface area (Å²) in [6.07, 6.45) is 5.34. The summed E-state index contributed by atoms with van der Waals surface area (Å²) < 4.78 is 19.9. The molecule has 1 aliphatic rings. The molecule has 0 N–H and O–H groups in total. The van der Waals surface area contributed by atoms with Gasteiger partial charge in [-0.1, -0.05) is 41.3 Å². The van der Waals surface area contributed by atoms with Crippen LogP contribution in [0.2, 0.25) is 0 Å². The molecular formula is C16H20BrFO2. The molecule has 1 fully saturated rings. The summed E-state index contributed by atoms with van der Waals surface area (Å²) in [6, 6.07) is 4.81. The summed E-state index contributed by atoms with van der Waals surface area (Å²) in [6.45, 7) is 0. The standard InChI is InChI=1S/C16H20BrFO2/c1-20-16(11-5-3-2-4-6-11)15(19)9-12-7-8-13(17)10-14(12)18/h7-8,10-11,16H,2-6,9H2,1H3. The highest BCUT2D eigenvalue weighted by molar-refractivity contribution is 9.10. The number of benzene rings is 1. The van der Waals surface area contributed by atoms with Crippen LogP contribution in [0.15, 0.2) is 22.7 Å². The van der Waals surface area contributed by atoms with Crippen LogP contribution < -0.4 is 0 Å². The summed E-state index contributed by atoms with van der Waals surface area (Å²) in [5.41, 5.74) is 0.441. The Balaban J connectivity index is 2.04. The number of hydrogen-bond acceptors (Lipinski definition) is 2. The Hall–Kier alpha value is -0.740. The molecule has 2 nitrogen and oxygen atoms in total. The van der Waals surface area contributed by atoms with Gasteiger partial charge in [0.1, 0.15) is 11.9 Å². The van der Waals surface area contributed by atoms with Crippen LogP contribution in [0.3, 0.4) is 0 Å². The van der Waals surface area contributed by atoms with Gasteiger partial charge in [0, 0.05) is 18.0 Å². The molecule has 1 unspecified atom stereocenters. The summed E-state index contributed by atoms with van der Waals surface area (Å²) in [5.74, 6) is -0.0633. The summed E-state index contributed by atoms with van der Waals surface area (Å²) in [7, 11) is 1.58. The average Bonchev–Trinajstić information content (AvgIpc) is 2.44. The highest BCUT2D eigenvalue weighted by Gasteiger charge is 2.29. The lowest BCUT2D eigenvalue weighted by Crippen LogP contribution is -2.34. The third-order valence-electron chi connectivity index (χ3n) is 4.03. The van der Waals surface area contributed by atoms with Crippen molar-refractivity contribution in [3.63, 3.8) is 0 Å². The molecule has 1 aliphatic carbocycles. The molecule has 0 bridgehead atoms. The van der Waals surface area contributed by atoms with Crippen molar-refractivity contribution in [2.24, 2.45) is 5.92 Å². The van der Waals surface area contributed by atoms with E-state index in [9.17, 15) is 9.18 Å². The van der Waals surface area contributed by atoms with Crippen molar-refractivity contribution in [2.45, 2.75) is 44.6 Å². The highest BCUT2D eigenvalue weighted by atomic mass is 79.9. The van der Waals surface area contributed by atoms with Crippen molar-refractivity contribution in [1.29, 1.82) is 0 Å². The Morgan fingerprint density at radius 1 is 1.40 bits per heavy atom. The Morgan fingerprint density at radius 2 is 2.10 bits per heavy atom. The SMILES string of the molecule is COC(C(=O)Cc1ccc(Br)cc1F)C1CCCCC1. The van der Waals surface area contributed by atoms with E-state index in [1.54, 1.807) is 19.2 Å². The van der Waals surface area contributed by atoms with Gasteiger partial charge < -0.3 is 4.74 Å². The average molecular weight is 343 g/mol. The van der Waals surface area contributed by atoms with Gasteiger partial charge in [-0.25, -0.2) is 4.39 Å². The maximum Gasteiger partial charge on any atom is 0.166 e. The molecule has 1 saturated carbocycles. The Labute approximate surface area is 127 Å². The van der Waals surface area contributed by atoms with Gasteiger partial charge in [-0.2, -0.15) is 0 Å². The van der Waals surface area contributed by atoms with Gasteiger partial charge in [-0.05, 0) is 36.5 Å². The molecule has 110 valence electrons. The van der Waals surface area contributed by atoms with Crippen molar-refractivity contribution >= 4 is 21.7 Å². The number of ketones is 1. The lowest BCUT2D eigenvalue weighted by molar-refractivity contribution is -0.132. The van der Waals surface area contributed by atoms with Crippen LogP contribution in [0.5, 0.6) is 0 Å². The lowest BCUT2D eigenvalue weighted by Gasteiger charge is -2.28. The molecule has 0 spiro atoms. The zero-order valence-electron chi connectivity index (χ0n) is 11.7. The quantitative estimate of drug-likeness (QED) is 0.797. The molecule has 0 radical (unpaired) electrons. The smallest absolute Gasteiger partial charge is 0.166 e. The zero-order valence-corrected chi connectivity index (χ0v) is 13.3. The second kappa shape index (κ2) is 7.32. The first-order valence-corrected chi connectivity index (χ1v) is 7.90. The second-order valence-corrected chi connectivity index (χ2v) is 6.35. The second-order valence-electron chi connectivity index (χ2n) is 5.43. The molecule has 20 heavy (non-hydrogen) atoms. The molecule has 0 heterocycles. The van der Waals surface area contributed by atoms with E-state index in [0.717, 1.165) is 25.7 Å². The van der Waals surface area contributed by atoms with Crippen LogP contribution in [-0.4, -0.2) is 19.0 Å². The minimum atomic E-state index is -0.390. The number of hydrogen-bond donors (Lipinski definition) is 0. The van der Waals surface area contributed by atoms with E-state index in [2.05, 4.69) is 15.9 Å². The van der Waals surface area contributed by atoms with E-state index in [1.807, 2.05) is 0 Å². The Kier molecular flexibility index (Phi) is 5.73.